The van der Waals surface area contributed by atoms with Crippen molar-refractivity contribution in [3.63, 3.8) is 0 Å². The zero-order valence-corrected chi connectivity index (χ0v) is 13.3. The van der Waals surface area contributed by atoms with E-state index in [9.17, 15) is 4.79 Å². The maximum Gasteiger partial charge on any atom is 0.227 e. The van der Waals surface area contributed by atoms with Crippen molar-refractivity contribution in [3.8, 4) is 0 Å². The third kappa shape index (κ3) is 5.27. The van der Waals surface area contributed by atoms with Gasteiger partial charge < -0.3 is 11.1 Å². The minimum atomic E-state index is 0. The Morgan fingerprint density at radius 3 is 2.30 bits per heavy atom. The summed E-state index contributed by atoms with van der Waals surface area (Å²) in [6, 6.07) is 3.87. The summed E-state index contributed by atoms with van der Waals surface area (Å²) >= 11 is 0. The number of amides is 1. The predicted molar refractivity (Wildman–Crippen MR) is 86.5 cm³/mol. The van der Waals surface area contributed by atoms with Gasteiger partial charge in [0, 0.05) is 30.0 Å². The Balaban J connectivity index is 0.00000180. The Morgan fingerprint density at radius 1 is 1.25 bits per heavy atom. The van der Waals surface area contributed by atoms with Gasteiger partial charge in [-0.05, 0) is 50.7 Å². The van der Waals surface area contributed by atoms with E-state index < -0.39 is 0 Å². The zero-order chi connectivity index (χ0) is 13.0. The molecular formula is C14H23Cl2N3O. The van der Waals surface area contributed by atoms with Crippen LogP contribution in [0, 0.1) is 11.8 Å². The van der Waals surface area contributed by atoms with E-state index in [4.69, 9.17) is 5.73 Å². The summed E-state index contributed by atoms with van der Waals surface area (Å²) in [5.41, 5.74) is 6.73. The molecule has 1 saturated carbocycles. The van der Waals surface area contributed by atoms with Crippen LogP contribution < -0.4 is 11.1 Å². The van der Waals surface area contributed by atoms with E-state index in [1.807, 2.05) is 12.1 Å². The summed E-state index contributed by atoms with van der Waals surface area (Å²) in [5.74, 6) is 0.840. The molecule has 1 aliphatic rings. The van der Waals surface area contributed by atoms with Crippen LogP contribution in [0.2, 0.25) is 0 Å². The van der Waals surface area contributed by atoms with Gasteiger partial charge in [-0.15, -0.1) is 24.8 Å². The molecule has 0 unspecified atom stereocenters. The highest BCUT2D eigenvalue weighted by Gasteiger charge is 2.27. The van der Waals surface area contributed by atoms with Gasteiger partial charge in [0.1, 0.15) is 0 Å². The fraction of sp³-hybridized carbons (Fsp3) is 0.571. The van der Waals surface area contributed by atoms with Crippen molar-refractivity contribution in [2.24, 2.45) is 17.6 Å². The first kappa shape index (κ1) is 19.2. The van der Waals surface area contributed by atoms with Crippen molar-refractivity contribution in [2.45, 2.75) is 38.6 Å². The average Bonchev–Trinajstić information content (AvgIpc) is 2.40. The number of nitrogens with zero attached hydrogens (tertiary/aromatic N) is 1. The van der Waals surface area contributed by atoms with Crippen molar-refractivity contribution in [2.75, 3.05) is 5.32 Å². The minimum Gasteiger partial charge on any atom is -0.328 e. The van der Waals surface area contributed by atoms with E-state index >= 15 is 0 Å². The molecule has 20 heavy (non-hydrogen) atoms. The Kier molecular flexibility index (Phi) is 8.78. The number of nitrogens with one attached hydrogen (secondary N) is 1. The predicted octanol–water partition coefficient (Wildman–Crippen LogP) is 3.02. The Morgan fingerprint density at radius 2 is 1.80 bits per heavy atom. The van der Waals surface area contributed by atoms with E-state index in [0.29, 0.717) is 5.92 Å². The number of pyridine rings is 1. The van der Waals surface area contributed by atoms with Crippen molar-refractivity contribution < 1.29 is 4.79 Å². The Hall–Kier alpha value is -0.840. The summed E-state index contributed by atoms with van der Waals surface area (Å²) in [6.07, 6.45) is 7.38. The van der Waals surface area contributed by atoms with Crippen molar-refractivity contribution in [1.82, 2.24) is 4.98 Å². The minimum absolute atomic E-state index is 0. The van der Waals surface area contributed by atoms with Gasteiger partial charge in [-0.3, -0.25) is 9.78 Å². The summed E-state index contributed by atoms with van der Waals surface area (Å²) < 4.78 is 0. The first-order chi connectivity index (χ1) is 8.66. The van der Waals surface area contributed by atoms with Crippen molar-refractivity contribution in [1.29, 1.82) is 0 Å². The summed E-state index contributed by atoms with van der Waals surface area (Å²) in [4.78, 5) is 16.0. The molecule has 114 valence electrons. The molecule has 0 bridgehead atoms. The monoisotopic (exact) mass is 319 g/mol. The maximum atomic E-state index is 12.1. The summed E-state index contributed by atoms with van der Waals surface area (Å²) in [6.45, 7) is 2.06. The lowest BCUT2D eigenvalue weighted by Gasteiger charge is -2.29. The van der Waals surface area contributed by atoms with E-state index in [0.717, 1.165) is 31.4 Å². The Bertz CT molecular complexity index is 393. The SMILES string of the molecule is C[C@@H](N)C1CCC(C(=O)Nc2ccncc2)CC1.Cl.Cl. The van der Waals surface area contributed by atoms with Crippen LogP contribution in [0.25, 0.3) is 0 Å². The van der Waals surface area contributed by atoms with Gasteiger partial charge in [0.2, 0.25) is 5.91 Å². The maximum absolute atomic E-state index is 12.1. The van der Waals surface area contributed by atoms with Gasteiger partial charge in [-0.25, -0.2) is 0 Å². The number of hydrogen-bond donors (Lipinski definition) is 2. The molecule has 1 heterocycles. The quantitative estimate of drug-likeness (QED) is 0.899. The van der Waals surface area contributed by atoms with Crippen LogP contribution >= 0.6 is 24.8 Å². The molecule has 0 aromatic carbocycles. The number of rotatable bonds is 3. The van der Waals surface area contributed by atoms with Crippen LogP contribution in [-0.4, -0.2) is 16.9 Å². The largest absolute Gasteiger partial charge is 0.328 e. The average molecular weight is 320 g/mol. The second-order valence-electron chi connectivity index (χ2n) is 5.20. The molecule has 1 aliphatic carbocycles. The summed E-state index contributed by atoms with van der Waals surface area (Å²) in [7, 11) is 0. The second-order valence-corrected chi connectivity index (χ2v) is 5.20. The molecule has 0 saturated heterocycles. The molecule has 1 fully saturated rings. The van der Waals surface area contributed by atoms with Crippen LogP contribution in [0.1, 0.15) is 32.6 Å². The molecule has 0 radical (unpaired) electrons. The Labute approximate surface area is 132 Å². The number of aromatic nitrogens is 1. The fourth-order valence-corrected chi connectivity index (χ4v) is 2.59. The van der Waals surface area contributed by atoms with Gasteiger partial charge in [-0.1, -0.05) is 0 Å². The molecule has 0 aliphatic heterocycles. The lowest BCUT2D eigenvalue weighted by atomic mass is 9.79. The topological polar surface area (TPSA) is 68.0 Å². The third-order valence-corrected chi connectivity index (χ3v) is 3.83. The molecule has 2 rings (SSSR count). The van der Waals surface area contributed by atoms with Gasteiger partial charge in [0.15, 0.2) is 0 Å². The first-order valence-corrected chi connectivity index (χ1v) is 6.63. The van der Waals surface area contributed by atoms with Crippen LogP contribution in [0.3, 0.4) is 0 Å². The fourth-order valence-electron chi connectivity index (χ4n) is 2.59. The van der Waals surface area contributed by atoms with Crippen molar-refractivity contribution >= 4 is 36.4 Å². The lowest BCUT2D eigenvalue weighted by Crippen LogP contribution is -2.33. The second kappa shape index (κ2) is 9.16. The normalized spacial score (nSPS) is 22.9. The lowest BCUT2D eigenvalue weighted by molar-refractivity contribution is -0.121. The van der Waals surface area contributed by atoms with Gasteiger partial charge in [-0.2, -0.15) is 0 Å². The molecule has 1 amide bonds. The smallest absolute Gasteiger partial charge is 0.227 e. The van der Waals surface area contributed by atoms with E-state index in [1.165, 1.54) is 0 Å². The number of carbonyl (C=O) groups is 1. The first-order valence-electron chi connectivity index (χ1n) is 6.63. The molecule has 3 N–H and O–H groups in total. The standard InChI is InChI=1S/C14H21N3O.2ClH/c1-10(15)11-2-4-12(5-3-11)14(18)17-13-6-8-16-9-7-13;;/h6-12H,2-5,15H2,1H3,(H,16,17,18);2*1H/t10-,11?,12?;;/m1../s1. The van der Waals surface area contributed by atoms with Crippen LogP contribution in [0.5, 0.6) is 0 Å². The van der Waals surface area contributed by atoms with Gasteiger partial charge in [0.25, 0.3) is 0 Å². The number of nitrogens with two attached hydrogens (primary N) is 1. The van der Waals surface area contributed by atoms with Crippen LogP contribution in [-0.2, 0) is 4.79 Å². The molecular weight excluding hydrogens is 297 g/mol. The number of hydrogen-bond acceptors (Lipinski definition) is 3. The number of carbonyl (C=O) groups excluding carboxylic acids is 1. The van der Waals surface area contributed by atoms with E-state index in [-0.39, 0.29) is 42.7 Å². The van der Waals surface area contributed by atoms with Gasteiger partial charge in [0.05, 0.1) is 0 Å². The van der Waals surface area contributed by atoms with Crippen molar-refractivity contribution in [3.05, 3.63) is 24.5 Å². The molecule has 4 nitrogen and oxygen atoms in total. The molecule has 6 heteroatoms. The third-order valence-electron chi connectivity index (χ3n) is 3.83. The molecule has 0 spiro atoms. The van der Waals surface area contributed by atoms with E-state index in [1.54, 1.807) is 12.4 Å². The van der Waals surface area contributed by atoms with Crippen LogP contribution in [0.15, 0.2) is 24.5 Å². The van der Waals surface area contributed by atoms with Gasteiger partial charge >= 0.3 is 0 Å². The number of anilines is 1. The van der Waals surface area contributed by atoms with Crippen LogP contribution in [0.4, 0.5) is 5.69 Å². The van der Waals surface area contributed by atoms with E-state index in [2.05, 4.69) is 17.2 Å². The molecule has 1 aromatic rings. The highest BCUT2D eigenvalue weighted by molar-refractivity contribution is 5.92. The number of halogens is 2. The molecule has 1 aromatic heterocycles. The highest BCUT2D eigenvalue weighted by Crippen LogP contribution is 2.30. The highest BCUT2D eigenvalue weighted by atomic mass is 35.5. The molecule has 1 atom stereocenters. The zero-order valence-electron chi connectivity index (χ0n) is 11.6. The summed E-state index contributed by atoms with van der Waals surface area (Å²) in [5, 5.41) is 2.95.